The SMILES string of the molecule is CC(C)(N)c1c[nH]c(=O)c2cnc(Cl)cc12.CCC(=O)N1CCC1C. The van der Waals surface area contributed by atoms with Gasteiger partial charge in [-0.2, -0.15) is 0 Å². The van der Waals surface area contributed by atoms with Gasteiger partial charge in [0.1, 0.15) is 5.15 Å². The van der Waals surface area contributed by atoms with Gasteiger partial charge in [-0.1, -0.05) is 18.5 Å². The zero-order chi connectivity index (χ0) is 18.8. The Labute approximate surface area is 152 Å². The van der Waals surface area contributed by atoms with Gasteiger partial charge in [-0.05, 0) is 44.2 Å². The minimum Gasteiger partial charge on any atom is -0.340 e. The first-order chi connectivity index (χ1) is 11.6. The molecule has 1 aliphatic heterocycles. The average Bonchev–Trinajstić information content (AvgIpc) is 2.52. The number of fused-ring (bicyclic) bond motifs is 1. The van der Waals surface area contributed by atoms with Crippen LogP contribution in [0.25, 0.3) is 10.8 Å². The molecule has 0 aliphatic carbocycles. The summed E-state index contributed by atoms with van der Waals surface area (Å²) in [6.45, 7) is 8.72. The number of likely N-dealkylation sites (tertiary alicyclic amines) is 1. The number of aromatic amines is 1. The predicted molar refractivity (Wildman–Crippen MR) is 101 cm³/mol. The van der Waals surface area contributed by atoms with Crippen molar-refractivity contribution in [1.82, 2.24) is 14.9 Å². The number of nitrogens with two attached hydrogens (primary N) is 1. The van der Waals surface area contributed by atoms with E-state index in [1.165, 1.54) is 12.6 Å². The maximum Gasteiger partial charge on any atom is 0.257 e. The molecule has 1 amide bonds. The number of nitrogens with one attached hydrogen (secondary N) is 1. The topological polar surface area (TPSA) is 92.1 Å². The van der Waals surface area contributed by atoms with Crippen LogP contribution >= 0.6 is 11.6 Å². The van der Waals surface area contributed by atoms with E-state index >= 15 is 0 Å². The van der Waals surface area contributed by atoms with Crippen molar-refractivity contribution >= 4 is 28.3 Å². The predicted octanol–water partition coefficient (Wildman–Crippen LogP) is 2.79. The molecule has 1 atom stereocenters. The van der Waals surface area contributed by atoms with Gasteiger partial charge >= 0.3 is 0 Å². The van der Waals surface area contributed by atoms with Gasteiger partial charge < -0.3 is 15.6 Å². The number of carbonyl (C=O) groups is 1. The van der Waals surface area contributed by atoms with Crippen molar-refractivity contribution in [2.45, 2.75) is 52.1 Å². The molecule has 2 aromatic rings. The molecule has 7 heteroatoms. The number of amides is 1. The highest BCUT2D eigenvalue weighted by molar-refractivity contribution is 6.30. The lowest BCUT2D eigenvalue weighted by Gasteiger charge is -2.38. The van der Waals surface area contributed by atoms with Gasteiger partial charge in [0.25, 0.3) is 5.56 Å². The van der Waals surface area contributed by atoms with Crippen molar-refractivity contribution in [2.75, 3.05) is 6.54 Å². The van der Waals surface area contributed by atoms with Crippen LogP contribution in [0.5, 0.6) is 0 Å². The van der Waals surface area contributed by atoms with Crippen LogP contribution in [0.1, 0.15) is 46.1 Å². The second-order valence-corrected chi connectivity index (χ2v) is 7.27. The van der Waals surface area contributed by atoms with Gasteiger partial charge in [0.2, 0.25) is 5.91 Å². The molecule has 1 aliphatic rings. The molecule has 3 rings (SSSR count). The molecule has 2 aromatic heterocycles. The van der Waals surface area contributed by atoms with E-state index < -0.39 is 5.54 Å². The molecule has 3 heterocycles. The third-order valence-electron chi connectivity index (χ3n) is 4.39. The number of halogens is 1. The van der Waals surface area contributed by atoms with Gasteiger partial charge in [-0.3, -0.25) is 9.59 Å². The number of carbonyl (C=O) groups excluding carboxylic acids is 1. The van der Waals surface area contributed by atoms with Crippen molar-refractivity contribution in [3.05, 3.63) is 39.5 Å². The van der Waals surface area contributed by atoms with Crippen LogP contribution in [0.2, 0.25) is 5.15 Å². The largest absolute Gasteiger partial charge is 0.340 e. The quantitative estimate of drug-likeness (QED) is 0.801. The third-order valence-corrected chi connectivity index (χ3v) is 4.60. The van der Waals surface area contributed by atoms with Crippen LogP contribution in [0.4, 0.5) is 0 Å². The lowest BCUT2D eigenvalue weighted by atomic mass is 9.93. The van der Waals surface area contributed by atoms with E-state index in [0.29, 0.717) is 28.9 Å². The Morgan fingerprint density at radius 1 is 1.48 bits per heavy atom. The molecular formula is C18H25ClN4O2. The molecule has 0 spiro atoms. The number of pyridine rings is 2. The summed E-state index contributed by atoms with van der Waals surface area (Å²) in [6.07, 6.45) is 4.93. The van der Waals surface area contributed by atoms with Gasteiger partial charge in [0.15, 0.2) is 0 Å². The first kappa shape index (κ1) is 19.4. The Hall–Kier alpha value is -1.92. The Bertz CT molecular complexity index is 826. The Morgan fingerprint density at radius 3 is 2.60 bits per heavy atom. The first-order valence-electron chi connectivity index (χ1n) is 8.41. The van der Waals surface area contributed by atoms with E-state index in [-0.39, 0.29) is 5.56 Å². The van der Waals surface area contributed by atoms with E-state index in [0.717, 1.165) is 17.5 Å². The fourth-order valence-corrected chi connectivity index (χ4v) is 2.91. The molecule has 0 aromatic carbocycles. The molecule has 1 saturated heterocycles. The zero-order valence-corrected chi connectivity index (χ0v) is 15.9. The molecule has 25 heavy (non-hydrogen) atoms. The van der Waals surface area contributed by atoms with E-state index in [2.05, 4.69) is 16.9 Å². The number of hydrogen-bond acceptors (Lipinski definition) is 4. The first-order valence-corrected chi connectivity index (χ1v) is 8.78. The van der Waals surface area contributed by atoms with Crippen molar-refractivity contribution in [1.29, 1.82) is 0 Å². The van der Waals surface area contributed by atoms with Crippen molar-refractivity contribution < 1.29 is 4.79 Å². The summed E-state index contributed by atoms with van der Waals surface area (Å²) in [7, 11) is 0. The van der Waals surface area contributed by atoms with E-state index in [9.17, 15) is 9.59 Å². The molecule has 3 N–H and O–H groups in total. The lowest BCUT2D eigenvalue weighted by molar-refractivity contribution is -0.137. The molecule has 6 nitrogen and oxygen atoms in total. The Balaban J connectivity index is 0.000000212. The van der Waals surface area contributed by atoms with Crippen molar-refractivity contribution in [3.8, 4) is 0 Å². The van der Waals surface area contributed by atoms with E-state index in [4.69, 9.17) is 17.3 Å². The molecule has 136 valence electrons. The fraction of sp³-hybridized carbons (Fsp3) is 0.500. The summed E-state index contributed by atoms with van der Waals surface area (Å²) in [5.74, 6) is 0.300. The molecule has 1 fully saturated rings. The smallest absolute Gasteiger partial charge is 0.257 e. The van der Waals surface area contributed by atoms with Crippen LogP contribution < -0.4 is 11.3 Å². The van der Waals surface area contributed by atoms with Crippen LogP contribution in [-0.2, 0) is 10.3 Å². The maximum absolute atomic E-state index is 11.6. The molecular weight excluding hydrogens is 340 g/mol. The van der Waals surface area contributed by atoms with Crippen LogP contribution in [0.3, 0.4) is 0 Å². The third kappa shape index (κ3) is 4.38. The second kappa shape index (κ2) is 7.54. The summed E-state index contributed by atoms with van der Waals surface area (Å²) in [6, 6.07) is 2.17. The fourth-order valence-electron chi connectivity index (χ4n) is 2.75. The van der Waals surface area contributed by atoms with Gasteiger partial charge in [0, 0.05) is 36.9 Å². The standard InChI is InChI=1S/C11H12ClN3O.C7H13NO/c1-11(2,13)8-5-15-10(16)7-4-14-9(12)3-6(7)8;1-3-7(9)8-5-4-6(8)2/h3-5H,13H2,1-2H3,(H,15,16);6H,3-5H2,1-2H3. The average molecular weight is 365 g/mol. The zero-order valence-electron chi connectivity index (χ0n) is 15.1. The number of aromatic nitrogens is 2. The Morgan fingerprint density at radius 2 is 2.16 bits per heavy atom. The van der Waals surface area contributed by atoms with Crippen molar-refractivity contribution in [3.63, 3.8) is 0 Å². The van der Waals surface area contributed by atoms with Gasteiger partial charge in [-0.25, -0.2) is 4.98 Å². The molecule has 0 bridgehead atoms. The molecule has 0 radical (unpaired) electrons. The molecule has 0 saturated carbocycles. The Kier molecular flexibility index (Phi) is 5.85. The molecule has 1 unspecified atom stereocenters. The highest BCUT2D eigenvalue weighted by Crippen LogP contribution is 2.25. The van der Waals surface area contributed by atoms with Gasteiger partial charge in [-0.15, -0.1) is 0 Å². The van der Waals surface area contributed by atoms with Crippen LogP contribution in [0, 0.1) is 0 Å². The normalized spacial score (nSPS) is 16.9. The van der Waals surface area contributed by atoms with Crippen molar-refractivity contribution in [2.24, 2.45) is 5.73 Å². The summed E-state index contributed by atoms with van der Waals surface area (Å²) < 4.78 is 0. The van der Waals surface area contributed by atoms with Crippen LogP contribution in [-0.4, -0.2) is 33.4 Å². The maximum atomic E-state index is 11.6. The summed E-state index contributed by atoms with van der Waals surface area (Å²) in [5, 5.41) is 1.60. The summed E-state index contributed by atoms with van der Waals surface area (Å²) in [4.78, 5) is 31.0. The lowest BCUT2D eigenvalue weighted by Crippen LogP contribution is -2.48. The highest BCUT2D eigenvalue weighted by atomic mass is 35.5. The minimum absolute atomic E-state index is 0.188. The number of H-pyrrole nitrogens is 1. The number of hydrogen-bond donors (Lipinski definition) is 2. The minimum atomic E-state index is -0.548. The second-order valence-electron chi connectivity index (χ2n) is 6.88. The monoisotopic (exact) mass is 364 g/mol. The van der Waals surface area contributed by atoms with E-state index in [1.54, 1.807) is 12.3 Å². The highest BCUT2D eigenvalue weighted by Gasteiger charge is 2.26. The van der Waals surface area contributed by atoms with Gasteiger partial charge in [0.05, 0.1) is 5.39 Å². The summed E-state index contributed by atoms with van der Waals surface area (Å²) >= 11 is 5.83. The number of rotatable bonds is 2. The number of nitrogens with zero attached hydrogens (tertiary/aromatic N) is 2. The summed E-state index contributed by atoms with van der Waals surface area (Å²) in [5.41, 5.74) is 6.14. The van der Waals surface area contributed by atoms with Crippen LogP contribution in [0.15, 0.2) is 23.3 Å². The van der Waals surface area contributed by atoms with E-state index in [1.807, 2.05) is 25.7 Å².